The quantitative estimate of drug-likeness (QED) is 0.657. The fourth-order valence-electron chi connectivity index (χ4n) is 1.66. The number of hydrogen-bond donors (Lipinski definition) is 2. The number of carbonyl (C=O) groups excluding carboxylic acids is 1. The van der Waals surface area contributed by atoms with Gasteiger partial charge in [0.15, 0.2) is 0 Å². The molecule has 3 nitrogen and oxygen atoms in total. The van der Waals surface area contributed by atoms with E-state index in [4.69, 9.17) is 5.73 Å². The molecule has 1 aromatic carbocycles. The van der Waals surface area contributed by atoms with Gasteiger partial charge in [-0.25, -0.2) is 0 Å². The third-order valence-corrected chi connectivity index (χ3v) is 2.32. The van der Waals surface area contributed by atoms with E-state index >= 15 is 0 Å². The second-order valence-corrected chi connectivity index (χ2v) is 3.32. The second kappa shape index (κ2) is 3.18. The predicted octanol–water partition coefficient (Wildman–Crippen LogP) is 0.575. The Morgan fingerprint density at radius 2 is 2.00 bits per heavy atom. The number of amides is 1. The van der Waals surface area contributed by atoms with E-state index in [-0.39, 0.29) is 18.0 Å². The minimum atomic E-state index is -0.0881. The summed E-state index contributed by atoms with van der Waals surface area (Å²) in [5, 5.41) is 2.86. The maximum Gasteiger partial charge on any atom is 0.222 e. The molecule has 0 saturated carbocycles. The van der Waals surface area contributed by atoms with Crippen molar-refractivity contribution in [2.75, 3.05) is 0 Å². The first-order valence-corrected chi connectivity index (χ1v) is 4.37. The summed E-state index contributed by atoms with van der Waals surface area (Å²) in [6, 6.07) is 9.72. The molecule has 1 fully saturated rings. The van der Waals surface area contributed by atoms with E-state index in [0.29, 0.717) is 6.42 Å². The molecule has 0 bridgehead atoms. The van der Waals surface area contributed by atoms with E-state index in [9.17, 15) is 4.79 Å². The molecule has 0 aliphatic carbocycles. The molecule has 1 aromatic rings. The maximum absolute atomic E-state index is 11.0. The van der Waals surface area contributed by atoms with Crippen molar-refractivity contribution in [3.63, 3.8) is 0 Å². The van der Waals surface area contributed by atoms with E-state index in [0.717, 1.165) is 5.56 Å². The molecule has 1 aliphatic heterocycles. The lowest BCUT2D eigenvalue weighted by Crippen LogP contribution is -2.28. The highest BCUT2D eigenvalue weighted by Gasteiger charge is 2.29. The molecule has 0 radical (unpaired) electrons. The van der Waals surface area contributed by atoms with E-state index < -0.39 is 0 Å². The van der Waals surface area contributed by atoms with Crippen LogP contribution >= 0.6 is 0 Å². The molecule has 1 amide bonds. The average molecular weight is 176 g/mol. The van der Waals surface area contributed by atoms with Gasteiger partial charge in [0.1, 0.15) is 0 Å². The summed E-state index contributed by atoms with van der Waals surface area (Å²) in [5.41, 5.74) is 6.90. The molecule has 1 heterocycles. The van der Waals surface area contributed by atoms with Gasteiger partial charge in [0.25, 0.3) is 0 Å². The molecule has 1 aliphatic rings. The van der Waals surface area contributed by atoms with Crippen LogP contribution in [0.3, 0.4) is 0 Å². The normalized spacial score (nSPS) is 27.3. The van der Waals surface area contributed by atoms with Crippen LogP contribution in [0.4, 0.5) is 0 Å². The van der Waals surface area contributed by atoms with E-state index in [1.807, 2.05) is 30.3 Å². The van der Waals surface area contributed by atoms with Crippen LogP contribution in [-0.4, -0.2) is 11.9 Å². The van der Waals surface area contributed by atoms with Gasteiger partial charge in [-0.3, -0.25) is 4.79 Å². The smallest absolute Gasteiger partial charge is 0.222 e. The summed E-state index contributed by atoms with van der Waals surface area (Å²) in [7, 11) is 0. The van der Waals surface area contributed by atoms with Crippen LogP contribution in [0.25, 0.3) is 0 Å². The molecular weight excluding hydrogens is 164 g/mol. The van der Waals surface area contributed by atoms with Gasteiger partial charge in [-0.05, 0) is 5.56 Å². The lowest BCUT2D eigenvalue weighted by Gasteiger charge is -2.14. The van der Waals surface area contributed by atoms with E-state index in [2.05, 4.69) is 5.32 Å². The van der Waals surface area contributed by atoms with Gasteiger partial charge in [-0.1, -0.05) is 30.3 Å². The number of carbonyl (C=O) groups is 1. The third-order valence-electron chi connectivity index (χ3n) is 2.32. The summed E-state index contributed by atoms with van der Waals surface area (Å²) in [6.45, 7) is 0. The van der Waals surface area contributed by atoms with Crippen molar-refractivity contribution in [3.05, 3.63) is 35.9 Å². The Hall–Kier alpha value is -1.35. The predicted molar refractivity (Wildman–Crippen MR) is 49.9 cm³/mol. The lowest BCUT2D eigenvalue weighted by atomic mass is 10.0. The van der Waals surface area contributed by atoms with Crippen LogP contribution in [0.2, 0.25) is 0 Å². The van der Waals surface area contributed by atoms with Crippen molar-refractivity contribution in [3.8, 4) is 0 Å². The number of nitrogens with two attached hydrogens (primary N) is 1. The average Bonchev–Trinajstić information content (AvgIpc) is 2.47. The van der Waals surface area contributed by atoms with Gasteiger partial charge >= 0.3 is 0 Å². The first kappa shape index (κ1) is 8.26. The Labute approximate surface area is 76.9 Å². The molecule has 2 atom stereocenters. The maximum atomic E-state index is 11.0. The van der Waals surface area contributed by atoms with Crippen LogP contribution < -0.4 is 11.1 Å². The van der Waals surface area contributed by atoms with Crippen molar-refractivity contribution in [2.24, 2.45) is 5.73 Å². The van der Waals surface area contributed by atoms with Crippen molar-refractivity contribution in [1.29, 1.82) is 0 Å². The molecule has 3 N–H and O–H groups in total. The fraction of sp³-hybridized carbons (Fsp3) is 0.300. The molecule has 3 heteroatoms. The summed E-state index contributed by atoms with van der Waals surface area (Å²) in [6.07, 6.45) is 0.430. The van der Waals surface area contributed by atoms with Crippen molar-refractivity contribution in [2.45, 2.75) is 18.5 Å². The van der Waals surface area contributed by atoms with Crippen molar-refractivity contribution >= 4 is 5.91 Å². The van der Waals surface area contributed by atoms with Gasteiger partial charge < -0.3 is 11.1 Å². The largest absolute Gasteiger partial charge is 0.348 e. The van der Waals surface area contributed by atoms with Gasteiger partial charge in [-0.15, -0.1) is 0 Å². The Morgan fingerprint density at radius 1 is 1.31 bits per heavy atom. The molecule has 1 unspecified atom stereocenters. The highest BCUT2D eigenvalue weighted by molar-refractivity contribution is 5.80. The topological polar surface area (TPSA) is 55.1 Å². The van der Waals surface area contributed by atoms with Gasteiger partial charge in [0.2, 0.25) is 5.91 Å². The first-order chi connectivity index (χ1) is 6.27. The van der Waals surface area contributed by atoms with Crippen LogP contribution in [0.5, 0.6) is 0 Å². The zero-order valence-corrected chi connectivity index (χ0v) is 7.23. The Morgan fingerprint density at radius 3 is 2.54 bits per heavy atom. The number of rotatable bonds is 1. The fourth-order valence-corrected chi connectivity index (χ4v) is 1.66. The van der Waals surface area contributed by atoms with Crippen LogP contribution in [-0.2, 0) is 4.79 Å². The SMILES string of the molecule is NC1CC(=O)N[C@@H]1c1ccccc1. The summed E-state index contributed by atoms with van der Waals surface area (Å²) in [5.74, 6) is 0.0429. The highest BCUT2D eigenvalue weighted by atomic mass is 16.2. The monoisotopic (exact) mass is 176 g/mol. The standard InChI is InChI=1S/C10H12N2O/c11-8-6-9(13)12-10(8)7-4-2-1-3-5-7/h1-5,8,10H,6,11H2,(H,12,13)/t8?,10-/m1/s1. The van der Waals surface area contributed by atoms with E-state index in [1.54, 1.807) is 0 Å². The number of benzene rings is 1. The molecule has 2 rings (SSSR count). The number of nitrogens with one attached hydrogen (secondary N) is 1. The molecule has 13 heavy (non-hydrogen) atoms. The highest BCUT2D eigenvalue weighted by Crippen LogP contribution is 2.22. The van der Waals surface area contributed by atoms with Gasteiger partial charge in [0.05, 0.1) is 6.04 Å². The Bertz CT molecular complexity index is 310. The van der Waals surface area contributed by atoms with Crippen LogP contribution in [0.15, 0.2) is 30.3 Å². The van der Waals surface area contributed by atoms with Crippen molar-refractivity contribution < 1.29 is 4.79 Å². The Balaban J connectivity index is 2.23. The summed E-state index contributed by atoms with van der Waals surface area (Å²) in [4.78, 5) is 11.0. The van der Waals surface area contributed by atoms with Crippen molar-refractivity contribution in [1.82, 2.24) is 5.32 Å². The lowest BCUT2D eigenvalue weighted by molar-refractivity contribution is -0.119. The van der Waals surface area contributed by atoms with Crippen LogP contribution in [0, 0.1) is 0 Å². The van der Waals surface area contributed by atoms with Crippen LogP contribution in [0.1, 0.15) is 18.0 Å². The molecule has 68 valence electrons. The molecule has 0 spiro atoms. The zero-order valence-electron chi connectivity index (χ0n) is 7.23. The van der Waals surface area contributed by atoms with Gasteiger partial charge in [0, 0.05) is 12.5 Å². The molecule has 1 saturated heterocycles. The second-order valence-electron chi connectivity index (χ2n) is 3.32. The Kier molecular flexibility index (Phi) is 2.02. The minimum absolute atomic E-state index is 0.00583. The molecular formula is C10H12N2O. The first-order valence-electron chi connectivity index (χ1n) is 4.37. The van der Waals surface area contributed by atoms with Gasteiger partial charge in [-0.2, -0.15) is 0 Å². The minimum Gasteiger partial charge on any atom is -0.348 e. The number of hydrogen-bond acceptors (Lipinski definition) is 2. The van der Waals surface area contributed by atoms with E-state index in [1.165, 1.54) is 0 Å². The summed E-state index contributed by atoms with van der Waals surface area (Å²) < 4.78 is 0. The summed E-state index contributed by atoms with van der Waals surface area (Å²) >= 11 is 0. The third kappa shape index (κ3) is 1.55. The molecule has 0 aromatic heterocycles. The zero-order chi connectivity index (χ0) is 9.26.